The highest BCUT2D eigenvalue weighted by Gasteiger charge is 2.44. The third kappa shape index (κ3) is 4.94. The minimum atomic E-state index is -0.544. The Morgan fingerprint density at radius 1 is 1.17 bits per heavy atom. The molecular weight excluding hydrogens is 445 g/mol. The van der Waals surface area contributed by atoms with Gasteiger partial charge >= 0.3 is 0 Å². The van der Waals surface area contributed by atoms with E-state index in [2.05, 4.69) is 19.9 Å². The van der Waals surface area contributed by atoms with Crippen LogP contribution in [0, 0.1) is 22.6 Å². The topological polar surface area (TPSA) is 88.6 Å². The fourth-order valence-electron chi connectivity index (χ4n) is 4.88. The molecule has 1 aliphatic carbocycles. The zero-order valence-corrected chi connectivity index (χ0v) is 20.3. The molecule has 0 radical (unpaired) electrons. The number of hydrogen-bond acceptors (Lipinski definition) is 6. The molecule has 0 aromatic heterocycles. The molecule has 2 aliphatic rings. The average molecular weight is 476 g/mol. The van der Waals surface area contributed by atoms with Crippen LogP contribution in [0.15, 0.2) is 71.2 Å². The number of hydrogen-bond donors (Lipinski definition) is 1. The Balaban J connectivity index is 1.68. The van der Waals surface area contributed by atoms with E-state index >= 15 is 0 Å². The number of carbonyl (C=O) groups excluding carboxylic acids is 1. The van der Waals surface area contributed by atoms with E-state index in [1.807, 2.05) is 17.0 Å². The zero-order valence-electron chi connectivity index (χ0n) is 20.3. The second-order valence-electron chi connectivity index (χ2n) is 9.74. The van der Waals surface area contributed by atoms with Crippen molar-refractivity contribution in [3.8, 4) is 11.8 Å². The van der Waals surface area contributed by atoms with Crippen LogP contribution in [-0.4, -0.2) is 30.9 Å². The van der Waals surface area contributed by atoms with Gasteiger partial charge in [-0.05, 0) is 35.6 Å². The molecule has 0 fully saturated rings. The van der Waals surface area contributed by atoms with Gasteiger partial charge in [0.15, 0.2) is 5.78 Å². The molecule has 0 unspecified atom stereocenters. The molecule has 2 aromatic carbocycles. The van der Waals surface area contributed by atoms with E-state index in [0.29, 0.717) is 54.3 Å². The molecule has 35 heavy (non-hydrogen) atoms. The Hall–Kier alpha value is -3.63. The van der Waals surface area contributed by atoms with Gasteiger partial charge in [0.05, 0.1) is 24.2 Å². The summed E-state index contributed by atoms with van der Waals surface area (Å²) in [7, 11) is 1.61. The molecule has 2 aromatic rings. The van der Waals surface area contributed by atoms with Crippen molar-refractivity contribution in [1.29, 1.82) is 5.26 Å². The van der Waals surface area contributed by atoms with Crippen LogP contribution in [0.3, 0.4) is 0 Å². The van der Waals surface area contributed by atoms with E-state index in [0.717, 1.165) is 11.3 Å². The summed E-state index contributed by atoms with van der Waals surface area (Å²) in [5, 5.41) is 10.1. The largest absolute Gasteiger partial charge is 0.489 e. The first kappa shape index (κ1) is 24.5. The SMILES string of the molecule is COCCN1C(N)=C(C#N)[C@H](c2ccc(OCc3ccccc3F)cc2)C2=C1CC(C)(C)CC2=O. The van der Waals surface area contributed by atoms with Crippen LogP contribution >= 0.6 is 0 Å². The first-order valence-corrected chi connectivity index (χ1v) is 11.6. The quantitative estimate of drug-likeness (QED) is 0.620. The van der Waals surface area contributed by atoms with Crippen molar-refractivity contribution >= 4 is 5.78 Å². The molecule has 0 spiro atoms. The van der Waals surface area contributed by atoms with E-state index < -0.39 is 5.92 Å². The molecule has 1 aliphatic heterocycles. The normalized spacial score (nSPS) is 19.5. The molecule has 182 valence electrons. The third-order valence-electron chi connectivity index (χ3n) is 6.57. The molecule has 4 rings (SSSR count). The summed E-state index contributed by atoms with van der Waals surface area (Å²) in [5.41, 5.74) is 9.42. The number of benzene rings is 2. The van der Waals surface area contributed by atoms with Crippen LogP contribution in [0.5, 0.6) is 5.75 Å². The van der Waals surface area contributed by atoms with Crippen LogP contribution < -0.4 is 10.5 Å². The van der Waals surface area contributed by atoms with Crippen LogP contribution in [0.2, 0.25) is 0 Å². The zero-order chi connectivity index (χ0) is 25.2. The van der Waals surface area contributed by atoms with Crippen molar-refractivity contribution in [3.05, 3.63) is 88.1 Å². The van der Waals surface area contributed by atoms with Gasteiger partial charge in [-0.2, -0.15) is 5.26 Å². The van der Waals surface area contributed by atoms with Crippen LogP contribution in [0.25, 0.3) is 0 Å². The number of methoxy groups -OCH3 is 1. The highest BCUT2D eigenvalue weighted by molar-refractivity contribution is 6.00. The lowest BCUT2D eigenvalue weighted by atomic mass is 9.68. The maximum Gasteiger partial charge on any atom is 0.162 e. The van der Waals surface area contributed by atoms with Gasteiger partial charge in [0.25, 0.3) is 0 Å². The van der Waals surface area contributed by atoms with E-state index in [9.17, 15) is 14.4 Å². The molecule has 0 saturated carbocycles. The predicted molar refractivity (Wildman–Crippen MR) is 130 cm³/mol. The molecule has 0 amide bonds. The van der Waals surface area contributed by atoms with Crippen molar-refractivity contribution in [1.82, 2.24) is 4.90 Å². The maximum atomic E-state index is 13.9. The molecule has 0 saturated heterocycles. The van der Waals surface area contributed by atoms with Gasteiger partial charge < -0.3 is 20.1 Å². The summed E-state index contributed by atoms with van der Waals surface area (Å²) >= 11 is 0. The second-order valence-corrected chi connectivity index (χ2v) is 9.74. The molecule has 6 nitrogen and oxygen atoms in total. The Kier molecular flexibility index (Phi) is 6.95. The highest BCUT2D eigenvalue weighted by Crippen LogP contribution is 2.49. The number of nitrogens with zero attached hydrogens (tertiary/aromatic N) is 2. The third-order valence-corrected chi connectivity index (χ3v) is 6.57. The van der Waals surface area contributed by atoms with Gasteiger partial charge in [-0.25, -0.2) is 4.39 Å². The molecule has 1 atom stereocenters. The lowest BCUT2D eigenvalue weighted by Crippen LogP contribution is -2.43. The number of halogens is 1. The number of allylic oxidation sites excluding steroid dienone is 3. The highest BCUT2D eigenvalue weighted by atomic mass is 19.1. The van der Waals surface area contributed by atoms with Crippen LogP contribution in [-0.2, 0) is 16.1 Å². The van der Waals surface area contributed by atoms with E-state index in [-0.39, 0.29) is 23.6 Å². The van der Waals surface area contributed by atoms with Gasteiger partial charge in [0.1, 0.15) is 24.0 Å². The minimum absolute atomic E-state index is 0.0313. The van der Waals surface area contributed by atoms with Gasteiger partial charge in [0, 0.05) is 36.9 Å². The standard InChI is InChI=1S/C28H30FN3O3/c1-28(2)14-23-26(24(33)15-28)25(21(16-30)27(31)32(23)12-13-34-3)18-8-10-20(11-9-18)35-17-19-6-4-5-7-22(19)29/h4-11,25H,12-15,17,31H2,1-3H3/t25-/m0/s1. The number of ether oxygens (including phenoxy) is 2. The van der Waals surface area contributed by atoms with Crippen molar-refractivity contribution < 1.29 is 18.7 Å². The van der Waals surface area contributed by atoms with Crippen LogP contribution in [0.1, 0.15) is 43.7 Å². The molecule has 0 bridgehead atoms. The van der Waals surface area contributed by atoms with Crippen molar-refractivity contribution in [2.45, 2.75) is 39.2 Å². The summed E-state index contributed by atoms with van der Waals surface area (Å²) in [6.07, 6.45) is 1.08. The molecular formula is C28H30FN3O3. The van der Waals surface area contributed by atoms with Gasteiger partial charge in [-0.15, -0.1) is 0 Å². The number of carbonyl (C=O) groups is 1. The Morgan fingerprint density at radius 2 is 1.89 bits per heavy atom. The Labute approximate surface area is 205 Å². The first-order chi connectivity index (χ1) is 16.8. The van der Waals surface area contributed by atoms with Gasteiger partial charge in [-0.3, -0.25) is 4.79 Å². The van der Waals surface area contributed by atoms with Crippen molar-refractivity contribution in [3.63, 3.8) is 0 Å². The Morgan fingerprint density at radius 3 is 2.54 bits per heavy atom. The molecule has 7 heteroatoms. The summed E-state index contributed by atoms with van der Waals surface area (Å²) in [6, 6.07) is 16.0. The van der Waals surface area contributed by atoms with Crippen LogP contribution in [0.4, 0.5) is 4.39 Å². The number of rotatable bonds is 7. The fraction of sp³-hybridized carbons (Fsp3) is 0.357. The summed E-state index contributed by atoms with van der Waals surface area (Å²) in [5.74, 6) is 0.0950. The first-order valence-electron chi connectivity index (χ1n) is 11.6. The number of ketones is 1. The van der Waals surface area contributed by atoms with Gasteiger partial charge in [0.2, 0.25) is 0 Å². The smallest absolute Gasteiger partial charge is 0.162 e. The number of Topliss-reactive ketones (excluding diaryl/α,β-unsaturated/α-hetero) is 1. The number of nitriles is 1. The fourth-order valence-corrected chi connectivity index (χ4v) is 4.88. The van der Waals surface area contributed by atoms with Gasteiger partial charge in [-0.1, -0.05) is 44.2 Å². The average Bonchev–Trinajstić information content (AvgIpc) is 2.82. The molecule has 2 N–H and O–H groups in total. The molecule has 1 heterocycles. The second kappa shape index (κ2) is 9.93. The van der Waals surface area contributed by atoms with E-state index in [4.69, 9.17) is 15.2 Å². The minimum Gasteiger partial charge on any atom is -0.489 e. The lowest BCUT2D eigenvalue weighted by Gasteiger charge is -2.43. The Bertz CT molecular complexity index is 1220. The lowest BCUT2D eigenvalue weighted by molar-refractivity contribution is -0.118. The number of nitrogens with two attached hydrogens (primary N) is 1. The van der Waals surface area contributed by atoms with Crippen molar-refractivity contribution in [2.75, 3.05) is 20.3 Å². The predicted octanol–water partition coefficient (Wildman–Crippen LogP) is 4.79. The monoisotopic (exact) mass is 475 g/mol. The maximum absolute atomic E-state index is 13.9. The summed E-state index contributed by atoms with van der Waals surface area (Å²) in [4.78, 5) is 15.3. The van der Waals surface area contributed by atoms with Crippen molar-refractivity contribution in [2.24, 2.45) is 11.1 Å². The van der Waals surface area contributed by atoms with E-state index in [1.54, 1.807) is 37.4 Å². The summed E-state index contributed by atoms with van der Waals surface area (Å²) in [6.45, 7) is 5.12. The summed E-state index contributed by atoms with van der Waals surface area (Å²) < 4.78 is 24.9. The van der Waals surface area contributed by atoms with E-state index in [1.165, 1.54) is 6.07 Å².